The summed E-state index contributed by atoms with van der Waals surface area (Å²) in [6, 6.07) is 16.8. The van der Waals surface area contributed by atoms with Crippen molar-refractivity contribution in [3.8, 4) is 0 Å². The van der Waals surface area contributed by atoms with Crippen LogP contribution in [-0.4, -0.2) is 36.3 Å². The van der Waals surface area contributed by atoms with Gasteiger partial charge in [-0.15, -0.1) is 0 Å². The highest BCUT2D eigenvalue weighted by molar-refractivity contribution is 6.30. The summed E-state index contributed by atoms with van der Waals surface area (Å²) in [5.41, 5.74) is 1.78. The van der Waals surface area contributed by atoms with Crippen molar-refractivity contribution in [2.24, 2.45) is 0 Å². The molecule has 1 aliphatic heterocycles. The highest BCUT2D eigenvalue weighted by atomic mass is 35.5. The van der Waals surface area contributed by atoms with Gasteiger partial charge in [0.2, 0.25) is 5.91 Å². The van der Waals surface area contributed by atoms with Gasteiger partial charge in [-0.2, -0.15) is 0 Å². The Morgan fingerprint density at radius 3 is 2.50 bits per heavy atom. The van der Waals surface area contributed by atoms with Gasteiger partial charge in [-0.3, -0.25) is 9.59 Å². The zero-order valence-corrected chi connectivity index (χ0v) is 15.4. The summed E-state index contributed by atoms with van der Waals surface area (Å²) in [5.74, 6) is 0.0571. The first kappa shape index (κ1) is 18.5. The average molecular weight is 371 g/mol. The minimum Gasteiger partial charge on any atom is -0.343 e. The first-order valence-corrected chi connectivity index (χ1v) is 9.38. The molecule has 1 fully saturated rings. The standard InChI is InChI=1S/C21H23ClN2O2/c22-19-11-9-16(10-12-19)18-8-4-5-13-24(15-18)20(25)14-23-21(26)17-6-2-1-3-7-17/h1-3,6-7,9-12,18H,4-5,8,13-15H2,(H,23,26). The number of nitrogens with zero attached hydrogens (tertiary/aromatic N) is 1. The van der Waals surface area contributed by atoms with Crippen molar-refractivity contribution in [3.63, 3.8) is 0 Å². The molecule has 3 rings (SSSR count). The lowest BCUT2D eigenvalue weighted by Crippen LogP contribution is -2.41. The first-order valence-electron chi connectivity index (χ1n) is 9.00. The summed E-state index contributed by atoms with van der Waals surface area (Å²) in [6.07, 6.45) is 3.14. The highest BCUT2D eigenvalue weighted by Crippen LogP contribution is 2.27. The lowest BCUT2D eigenvalue weighted by molar-refractivity contribution is -0.130. The molecule has 0 spiro atoms. The van der Waals surface area contributed by atoms with Gasteiger partial charge < -0.3 is 10.2 Å². The van der Waals surface area contributed by atoms with Crippen LogP contribution in [0.15, 0.2) is 54.6 Å². The van der Waals surface area contributed by atoms with E-state index in [0.29, 0.717) is 18.0 Å². The third-order valence-electron chi connectivity index (χ3n) is 4.80. The van der Waals surface area contributed by atoms with Crippen LogP contribution in [0.1, 0.15) is 41.1 Å². The number of hydrogen-bond acceptors (Lipinski definition) is 2. The zero-order chi connectivity index (χ0) is 18.4. The molecule has 26 heavy (non-hydrogen) atoms. The molecule has 0 bridgehead atoms. The molecule has 0 aromatic heterocycles. The largest absolute Gasteiger partial charge is 0.343 e. The van der Waals surface area contributed by atoms with Crippen LogP contribution in [0.25, 0.3) is 0 Å². The number of nitrogens with one attached hydrogen (secondary N) is 1. The Hall–Kier alpha value is -2.33. The normalized spacial score (nSPS) is 17.4. The van der Waals surface area contributed by atoms with E-state index in [1.807, 2.05) is 47.4 Å². The van der Waals surface area contributed by atoms with Crippen molar-refractivity contribution in [2.75, 3.05) is 19.6 Å². The lowest BCUT2D eigenvalue weighted by Gasteiger charge is -2.25. The number of rotatable bonds is 4. The van der Waals surface area contributed by atoms with Gasteiger partial charge in [-0.05, 0) is 42.7 Å². The molecule has 1 heterocycles. The summed E-state index contributed by atoms with van der Waals surface area (Å²) in [4.78, 5) is 26.6. The summed E-state index contributed by atoms with van der Waals surface area (Å²) in [7, 11) is 0. The summed E-state index contributed by atoms with van der Waals surface area (Å²) in [5, 5.41) is 3.45. The van der Waals surface area contributed by atoms with Crippen LogP contribution in [0.5, 0.6) is 0 Å². The Kier molecular flexibility index (Phi) is 6.29. The quantitative estimate of drug-likeness (QED) is 0.888. The number of likely N-dealkylation sites (tertiary alicyclic amines) is 1. The predicted octanol–water partition coefficient (Wildman–Crippen LogP) is 3.87. The van der Waals surface area contributed by atoms with E-state index < -0.39 is 0 Å². The van der Waals surface area contributed by atoms with Crippen molar-refractivity contribution < 1.29 is 9.59 Å². The SMILES string of the molecule is O=C(NCC(=O)N1CCCCC(c2ccc(Cl)cc2)C1)c1ccccc1. The predicted molar refractivity (Wildman–Crippen MR) is 103 cm³/mol. The highest BCUT2D eigenvalue weighted by Gasteiger charge is 2.23. The molecule has 2 aromatic rings. The number of amides is 2. The molecule has 4 nitrogen and oxygen atoms in total. The topological polar surface area (TPSA) is 49.4 Å². The molecule has 136 valence electrons. The molecule has 0 saturated carbocycles. The maximum absolute atomic E-state index is 12.6. The Labute approximate surface area is 159 Å². The third-order valence-corrected chi connectivity index (χ3v) is 5.05. The molecular formula is C21H23ClN2O2. The molecule has 0 aliphatic carbocycles. The minimum atomic E-state index is -0.219. The monoisotopic (exact) mass is 370 g/mol. The second kappa shape index (κ2) is 8.86. The van der Waals surface area contributed by atoms with E-state index in [1.54, 1.807) is 12.1 Å². The van der Waals surface area contributed by atoms with Crippen LogP contribution < -0.4 is 5.32 Å². The Balaban J connectivity index is 1.59. The molecular weight excluding hydrogens is 348 g/mol. The lowest BCUT2D eigenvalue weighted by atomic mass is 9.94. The number of hydrogen-bond donors (Lipinski definition) is 1. The van der Waals surface area contributed by atoms with Gasteiger partial charge in [-0.25, -0.2) is 0 Å². The smallest absolute Gasteiger partial charge is 0.251 e. The van der Waals surface area contributed by atoms with Crippen LogP contribution in [0, 0.1) is 0 Å². The molecule has 1 unspecified atom stereocenters. The molecule has 5 heteroatoms. The number of benzene rings is 2. The third kappa shape index (κ3) is 4.85. The van der Waals surface area contributed by atoms with Crippen molar-refractivity contribution in [2.45, 2.75) is 25.2 Å². The van der Waals surface area contributed by atoms with Gasteiger partial charge >= 0.3 is 0 Å². The van der Waals surface area contributed by atoms with E-state index in [1.165, 1.54) is 5.56 Å². The maximum Gasteiger partial charge on any atom is 0.251 e. The summed E-state index contributed by atoms with van der Waals surface area (Å²) < 4.78 is 0. The van der Waals surface area contributed by atoms with Crippen LogP contribution >= 0.6 is 11.6 Å². The second-order valence-corrected chi connectivity index (χ2v) is 7.07. The van der Waals surface area contributed by atoms with Crippen molar-refractivity contribution >= 4 is 23.4 Å². The minimum absolute atomic E-state index is 0.0288. The zero-order valence-electron chi connectivity index (χ0n) is 14.7. The molecule has 1 saturated heterocycles. The fourth-order valence-corrected chi connectivity index (χ4v) is 3.46. The van der Waals surface area contributed by atoms with Gasteiger partial charge in [0.1, 0.15) is 0 Å². The number of carbonyl (C=O) groups excluding carboxylic acids is 2. The maximum atomic E-state index is 12.6. The van der Waals surface area contributed by atoms with Crippen LogP contribution in [-0.2, 0) is 4.79 Å². The van der Waals surface area contributed by atoms with Crippen LogP contribution in [0.2, 0.25) is 5.02 Å². The van der Waals surface area contributed by atoms with Gasteiger partial charge in [0.05, 0.1) is 6.54 Å². The second-order valence-electron chi connectivity index (χ2n) is 6.63. The molecule has 1 aliphatic rings. The van der Waals surface area contributed by atoms with E-state index in [9.17, 15) is 9.59 Å². The summed E-state index contributed by atoms with van der Waals surface area (Å²) >= 11 is 5.98. The molecule has 1 atom stereocenters. The summed E-state index contributed by atoms with van der Waals surface area (Å²) in [6.45, 7) is 1.45. The first-order chi connectivity index (χ1) is 12.6. The van der Waals surface area contributed by atoms with E-state index in [4.69, 9.17) is 11.6 Å². The van der Waals surface area contributed by atoms with E-state index in [2.05, 4.69) is 5.32 Å². The van der Waals surface area contributed by atoms with E-state index in [-0.39, 0.29) is 18.4 Å². The van der Waals surface area contributed by atoms with E-state index in [0.717, 1.165) is 30.8 Å². The fourth-order valence-electron chi connectivity index (χ4n) is 3.33. The molecule has 2 amide bonds. The van der Waals surface area contributed by atoms with Gasteiger partial charge in [0.15, 0.2) is 0 Å². The molecule has 0 radical (unpaired) electrons. The van der Waals surface area contributed by atoms with E-state index >= 15 is 0 Å². The van der Waals surface area contributed by atoms with Gasteiger partial charge in [0, 0.05) is 29.6 Å². The van der Waals surface area contributed by atoms with Gasteiger partial charge in [-0.1, -0.05) is 48.4 Å². The van der Waals surface area contributed by atoms with Gasteiger partial charge in [0.25, 0.3) is 5.91 Å². The van der Waals surface area contributed by atoms with Crippen molar-refractivity contribution in [3.05, 3.63) is 70.7 Å². The fraction of sp³-hybridized carbons (Fsp3) is 0.333. The van der Waals surface area contributed by atoms with Crippen molar-refractivity contribution in [1.82, 2.24) is 10.2 Å². The van der Waals surface area contributed by atoms with Crippen LogP contribution in [0.3, 0.4) is 0 Å². The Morgan fingerprint density at radius 2 is 1.77 bits per heavy atom. The molecule has 2 aromatic carbocycles. The molecule has 1 N–H and O–H groups in total. The number of halogens is 1. The number of carbonyl (C=O) groups is 2. The average Bonchev–Trinajstić information content (AvgIpc) is 2.93. The Bertz CT molecular complexity index is 746. The van der Waals surface area contributed by atoms with Crippen molar-refractivity contribution in [1.29, 1.82) is 0 Å². The Morgan fingerprint density at radius 1 is 1.04 bits per heavy atom. The van der Waals surface area contributed by atoms with Crippen LogP contribution in [0.4, 0.5) is 0 Å².